The van der Waals surface area contributed by atoms with Crippen molar-refractivity contribution < 1.29 is 4.79 Å². The predicted molar refractivity (Wildman–Crippen MR) is 130 cm³/mol. The van der Waals surface area contributed by atoms with Crippen LogP contribution in [0.5, 0.6) is 0 Å². The first-order chi connectivity index (χ1) is 14.4. The molecule has 1 spiro atoms. The average molecular weight is 506 g/mol. The number of amides is 1. The molecule has 2 heterocycles. The Morgan fingerprint density at radius 2 is 1.93 bits per heavy atom. The smallest absolute Gasteiger partial charge is 0.234 e. The molecule has 2 aromatic rings. The Morgan fingerprint density at radius 3 is 2.63 bits per heavy atom. The molecule has 2 aliphatic rings. The van der Waals surface area contributed by atoms with E-state index >= 15 is 0 Å². The van der Waals surface area contributed by atoms with Crippen LogP contribution in [-0.4, -0.2) is 53.1 Å². The van der Waals surface area contributed by atoms with Crippen LogP contribution in [0, 0.1) is 0 Å². The van der Waals surface area contributed by atoms with E-state index in [1.807, 2.05) is 36.4 Å². The van der Waals surface area contributed by atoms with Gasteiger partial charge >= 0.3 is 0 Å². The fraction of sp³-hybridized carbons (Fsp3) is 0.318. The van der Waals surface area contributed by atoms with Crippen LogP contribution in [0.3, 0.4) is 0 Å². The van der Waals surface area contributed by atoms with Gasteiger partial charge in [-0.25, -0.2) is 4.99 Å². The van der Waals surface area contributed by atoms with E-state index in [9.17, 15) is 4.79 Å². The number of rotatable bonds is 4. The summed E-state index contributed by atoms with van der Waals surface area (Å²) >= 11 is 10.9. The molecule has 4 rings (SSSR count). The van der Waals surface area contributed by atoms with Crippen LogP contribution in [0.15, 0.2) is 63.0 Å². The van der Waals surface area contributed by atoms with Gasteiger partial charge in [-0.3, -0.25) is 9.79 Å². The van der Waals surface area contributed by atoms with Crippen LogP contribution >= 0.6 is 39.3 Å². The Bertz CT molecular complexity index is 1000. The molecule has 0 radical (unpaired) electrons. The van der Waals surface area contributed by atoms with Crippen molar-refractivity contribution in [3.05, 3.63) is 63.6 Å². The summed E-state index contributed by atoms with van der Waals surface area (Å²) in [5.74, 6) is 0.168. The van der Waals surface area contributed by atoms with Crippen molar-refractivity contribution in [2.45, 2.75) is 18.5 Å². The summed E-state index contributed by atoms with van der Waals surface area (Å²) in [6.07, 6.45) is 1.78. The first-order valence-electron chi connectivity index (χ1n) is 9.75. The summed E-state index contributed by atoms with van der Waals surface area (Å²) in [5, 5.41) is 4.32. The lowest BCUT2D eigenvalue weighted by Crippen LogP contribution is -2.39. The van der Waals surface area contributed by atoms with Crippen LogP contribution in [0.1, 0.15) is 18.4 Å². The van der Waals surface area contributed by atoms with E-state index in [0.29, 0.717) is 10.7 Å². The molecule has 1 fully saturated rings. The van der Waals surface area contributed by atoms with Gasteiger partial charge in [0.2, 0.25) is 5.91 Å². The van der Waals surface area contributed by atoms with Gasteiger partial charge in [-0.05, 0) is 37.4 Å². The highest BCUT2D eigenvalue weighted by Crippen LogP contribution is 2.35. The molecule has 0 bridgehead atoms. The van der Waals surface area contributed by atoms with Gasteiger partial charge in [0, 0.05) is 46.7 Å². The molecule has 1 amide bonds. The Labute approximate surface area is 194 Å². The number of hydrogen-bond donors (Lipinski definition) is 1. The van der Waals surface area contributed by atoms with Crippen molar-refractivity contribution in [1.82, 2.24) is 4.90 Å². The number of carbonyl (C=O) groups is 1. The highest BCUT2D eigenvalue weighted by atomic mass is 79.9. The van der Waals surface area contributed by atoms with Gasteiger partial charge in [-0.2, -0.15) is 0 Å². The minimum Gasteiger partial charge on any atom is -0.325 e. The number of anilines is 1. The van der Waals surface area contributed by atoms with E-state index in [1.54, 1.807) is 12.1 Å². The molecule has 0 saturated carbocycles. The minimum absolute atomic E-state index is 0.0931. The van der Waals surface area contributed by atoms with E-state index < -0.39 is 5.66 Å². The number of benzene rings is 2. The van der Waals surface area contributed by atoms with Gasteiger partial charge < -0.3 is 10.2 Å². The minimum atomic E-state index is -0.402. The summed E-state index contributed by atoms with van der Waals surface area (Å²) in [4.78, 5) is 24.9. The SMILES string of the molecule is CN1CCC2(CC1)N=C(SCC(=O)Nc1cccc(Cl)c1)C(c1ccc(Br)cc1)=N2. The quantitative estimate of drug-likeness (QED) is 0.629. The zero-order chi connectivity index (χ0) is 21.1. The monoisotopic (exact) mass is 504 g/mol. The lowest BCUT2D eigenvalue weighted by molar-refractivity contribution is -0.113. The molecule has 2 aromatic carbocycles. The van der Waals surface area contributed by atoms with Crippen molar-refractivity contribution in [1.29, 1.82) is 0 Å². The molecular formula is C22H22BrClN4OS. The van der Waals surface area contributed by atoms with Gasteiger partial charge in [-0.15, -0.1) is 0 Å². The highest BCUT2D eigenvalue weighted by Gasteiger charge is 2.39. The largest absolute Gasteiger partial charge is 0.325 e. The van der Waals surface area contributed by atoms with Crippen LogP contribution in [0.4, 0.5) is 5.69 Å². The van der Waals surface area contributed by atoms with Gasteiger partial charge in [0.05, 0.1) is 11.5 Å². The molecule has 1 N–H and O–H groups in total. The fourth-order valence-electron chi connectivity index (χ4n) is 3.52. The van der Waals surface area contributed by atoms with Crippen molar-refractivity contribution in [3.8, 4) is 0 Å². The molecule has 0 unspecified atom stereocenters. The maximum Gasteiger partial charge on any atom is 0.234 e. The molecule has 0 aromatic heterocycles. The maximum absolute atomic E-state index is 12.5. The molecular weight excluding hydrogens is 484 g/mol. The summed E-state index contributed by atoms with van der Waals surface area (Å²) < 4.78 is 1.02. The third-order valence-electron chi connectivity index (χ3n) is 5.19. The number of nitrogens with one attached hydrogen (secondary N) is 1. The van der Waals surface area contributed by atoms with Crippen LogP contribution in [0.25, 0.3) is 0 Å². The lowest BCUT2D eigenvalue weighted by atomic mass is 9.99. The normalized spacial score (nSPS) is 18.2. The zero-order valence-electron chi connectivity index (χ0n) is 16.6. The second-order valence-corrected chi connectivity index (χ2v) is 9.83. The van der Waals surface area contributed by atoms with Crippen LogP contribution in [0.2, 0.25) is 5.02 Å². The summed E-state index contributed by atoms with van der Waals surface area (Å²) in [6, 6.07) is 15.2. The molecule has 8 heteroatoms. The third kappa shape index (κ3) is 5.14. The Balaban J connectivity index is 1.51. The van der Waals surface area contributed by atoms with E-state index in [-0.39, 0.29) is 11.7 Å². The molecule has 1 saturated heterocycles. The Kier molecular flexibility index (Phi) is 6.63. The first-order valence-corrected chi connectivity index (χ1v) is 11.9. The maximum atomic E-state index is 12.5. The number of halogens is 2. The number of nitrogens with zero attached hydrogens (tertiary/aromatic N) is 3. The summed E-state index contributed by atoms with van der Waals surface area (Å²) in [6.45, 7) is 1.93. The fourth-order valence-corrected chi connectivity index (χ4v) is 4.85. The van der Waals surface area contributed by atoms with E-state index in [0.717, 1.165) is 46.7 Å². The molecule has 30 heavy (non-hydrogen) atoms. The van der Waals surface area contributed by atoms with Crippen molar-refractivity contribution in [3.63, 3.8) is 0 Å². The average Bonchev–Trinajstić information content (AvgIpc) is 3.08. The topological polar surface area (TPSA) is 57.1 Å². The van der Waals surface area contributed by atoms with Crippen molar-refractivity contribution in [2.75, 3.05) is 31.2 Å². The number of hydrogen-bond acceptors (Lipinski definition) is 5. The Morgan fingerprint density at radius 1 is 1.20 bits per heavy atom. The second kappa shape index (κ2) is 9.22. The molecule has 5 nitrogen and oxygen atoms in total. The van der Waals surface area contributed by atoms with E-state index in [4.69, 9.17) is 21.6 Å². The number of piperidine rings is 1. The number of carbonyl (C=O) groups excluding carboxylic acids is 1. The molecule has 156 valence electrons. The first kappa shape index (κ1) is 21.6. The van der Waals surface area contributed by atoms with Gasteiger partial charge in [0.1, 0.15) is 5.04 Å². The lowest BCUT2D eigenvalue weighted by Gasteiger charge is -2.33. The molecule has 0 atom stereocenters. The number of thioether (sulfide) groups is 1. The van der Waals surface area contributed by atoms with Gasteiger partial charge in [0.15, 0.2) is 5.66 Å². The second-order valence-electron chi connectivity index (χ2n) is 7.52. The standard InChI is InChI=1S/C22H22BrClN4OS/c1-28-11-9-22(10-12-28)26-20(15-5-7-16(23)8-6-15)21(27-22)30-14-19(29)25-18-4-2-3-17(24)13-18/h2-8,13H,9-12,14H2,1H3,(H,25,29). The van der Waals surface area contributed by atoms with Crippen LogP contribution < -0.4 is 5.32 Å². The predicted octanol–water partition coefficient (Wildman–Crippen LogP) is 5.10. The van der Waals surface area contributed by atoms with Crippen molar-refractivity contribution >= 4 is 61.6 Å². The van der Waals surface area contributed by atoms with Gasteiger partial charge in [-0.1, -0.05) is 57.5 Å². The van der Waals surface area contributed by atoms with E-state index in [2.05, 4.69) is 33.2 Å². The van der Waals surface area contributed by atoms with Crippen molar-refractivity contribution in [2.24, 2.45) is 9.98 Å². The van der Waals surface area contributed by atoms with Crippen LogP contribution in [-0.2, 0) is 4.79 Å². The third-order valence-corrected chi connectivity index (χ3v) is 6.91. The summed E-state index contributed by atoms with van der Waals surface area (Å²) in [7, 11) is 2.13. The number of aliphatic imine (C=N–C) groups is 2. The highest BCUT2D eigenvalue weighted by molar-refractivity contribution is 9.10. The van der Waals surface area contributed by atoms with Gasteiger partial charge in [0.25, 0.3) is 0 Å². The Hall–Kier alpha value is -1.67. The molecule has 0 aliphatic carbocycles. The number of likely N-dealkylation sites (tertiary alicyclic amines) is 1. The molecule has 2 aliphatic heterocycles. The summed E-state index contributed by atoms with van der Waals surface area (Å²) in [5.41, 5.74) is 2.19. The zero-order valence-corrected chi connectivity index (χ0v) is 19.7. The van der Waals surface area contributed by atoms with E-state index in [1.165, 1.54) is 11.8 Å².